The maximum absolute atomic E-state index is 9.40. The molecule has 20 heavy (non-hydrogen) atoms. The van der Waals surface area contributed by atoms with E-state index >= 15 is 0 Å². The van der Waals surface area contributed by atoms with Crippen LogP contribution in [0.25, 0.3) is 0 Å². The van der Waals surface area contributed by atoms with Crippen molar-refractivity contribution >= 4 is 12.6 Å². The third-order valence-corrected chi connectivity index (χ3v) is 3.60. The Balaban J connectivity index is 2.09. The second-order valence-electron chi connectivity index (χ2n) is 5.14. The Morgan fingerprint density at radius 2 is 2.05 bits per heavy atom. The number of benzene rings is 1. The van der Waals surface area contributed by atoms with Crippen LogP contribution in [-0.4, -0.2) is 55.5 Å². The molecule has 1 fully saturated rings. The van der Waals surface area contributed by atoms with Gasteiger partial charge in [-0.25, -0.2) is 0 Å². The highest BCUT2D eigenvalue weighted by Gasteiger charge is 2.29. The lowest BCUT2D eigenvalue weighted by atomic mass is 9.78. The van der Waals surface area contributed by atoms with Gasteiger partial charge in [0.2, 0.25) is 0 Å². The normalized spacial score (nSPS) is 14.7. The molecule has 1 aliphatic carbocycles. The largest absolute Gasteiger partial charge is 0.497 e. The first-order valence-corrected chi connectivity index (χ1v) is 6.91. The van der Waals surface area contributed by atoms with Crippen LogP contribution in [0, 0.1) is 0 Å². The van der Waals surface area contributed by atoms with E-state index in [2.05, 4.69) is 4.90 Å². The Kier molecular flexibility index (Phi) is 5.42. The molecular formula is C14H22BNO4. The van der Waals surface area contributed by atoms with E-state index in [0.717, 1.165) is 18.7 Å². The maximum Gasteiger partial charge on any atom is 0.492 e. The Bertz CT molecular complexity index is 437. The molecule has 1 aliphatic rings. The lowest BCUT2D eigenvalue weighted by molar-refractivity contribution is 0.139. The smallest absolute Gasteiger partial charge is 0.492 e. The quantitative estimate of drug-likeness (QED) is 0.655. The van der Waals surface area contributed by atoms with Gasteiger partial charge < -0.3 is 19.5 Å². The summed E-state index contributed by atoms with van der Waals surface area (Å²) in [5.74, 6) is 0.499. The van der Waals surface area contributed by atoms with Gasteiger partial charge in [0, 0.05) is 31.7 Å². The molecule has 1 aromatic rings. The summed E-state index contributed by atoms with van der Waals surface area (Å²) in [4.78, 5) is 2.37. The first kappa shape index (κ1) is 15.3. The van der Waals surface area contributed by atoms with Gasteiger partial charge >= 0.3 is 7.12 Å². The third-order valence-electron chi connectivity index (χ3n) is 3.60. The predicted octanol–water partition coefficient (Wildman–Crippen LogP) is -0.0142. The van der Waals surface area contributed by atoms with Crippen LogP contribution in [0.5, 0.6) is 5.75 Å². The van der Waals surface area contributed by atoms with Crippen molar-refractivity contribution in [2.45, 2.75) is 25.4 Å². The van der Waals surface area contributed by atoms with E-state index in [1.807, 2.05) is 6.07 Å². The summed E-state index contributed by atoms with van der Waals surface area (Å²) in [6.07, 6.45) is 2.46. The van der Waals surface area contributed by atoms with E-state index in [4.69, 9.17) is 9.47 Å². The van der Waals surface area contributed by atoms with Crippen molar-refractivity contribution in [1.82, 2.24) is 4.90 Å². The number of hydrogen-bond acceptors (Lipinski definition) is 5. The molecule has 0 spiro atoms. The molecule has 0 atom stereocenters. The van der Waals surface area contributed by atoms with Gasteiger partial charge in [-0.05, 0) is 24.5 Å². The summed E-state index contributed by atoms with van der Waals surface area (Å²) >= 11 is 0. The van der Waals surface area contributed by atoms with Gasteiger partial charge in [0.15, 0.2) is 0 Å². The summed E-state index contributed by atoms with van der Waals surface area (Å²) in [6.45, 7) is 2.39. The second kappa shape index (κ2) is 7.08. The molecule has 0 bridgehead atoms. The minimum atomic E-state index is -1.52. The molecular weight excluding hydrogens is 257 g/mol. The first-order valence-electron chi connectivity index (χ1n) is 6.91. The fourth-order valence-electron chi connectivity index (χ4n) is 2.36. The van der Waals surface area contributed by atoms with Crippen molar-refractivity contribution in [2.75, 3.05) is 27.4 Å². The molecule has 0 aliphatic heterocycles. The lowest BCUT2D eigenvalue weighted by Gasteiger charge is -2.22. The summed E-state index contributed by atoms with van der Waals surface area (Å²) in [5.41, 5.74) is 1.46. The van der Waals surface area contributed by atoms with Crippen molar-refractivity contribution < 1.29 is 19.5 Å². The standard InChI is InChI=1S/C14H22BNO4/c1-19-8-7-16(12-4-5-12)10-11-3-6-14(20-2)13(9-11)15(17)18/h3,6,9,12,17-18H,4-5,7-8,10H2,1-2H3. The van der Waals surface area contributed by atoms with E-state index in [9.17, 15) is 10.0 Å². The van der Waals surface area contributed by atoms with Crippen LogP contribution in [0.3, 0.4) is 0 Å². The SMILES string of the molecule is COCCN(Cc1ccc(OC)c(B(O)O)c1)C1CC1. The summed E-state index contributed by atoms with van der Waals surface area (Å²) in [5, 5.41) is 18.8. The van der Waals surface area contributed by atoms with Crippen LogP contribution in [0.15, 0.2) is 18.2 Å². The molecule has 0 radical (unpaired) electrons. The van der Waals surface area contributed by atoms with Crippen molar-refractivity contribution in [3.05, 3.63) is 23.8 Å². The Morgan fingerprint density at radius 1 is 1.30 bits per heavy atom. The molecule has 6 heteroatoms. The van der Waals surface area contributed by atoms with Crippen LogP contribution in [-0.2, 0) is 11.3 Å². The van der Waals surface area contributed by atoms with E-state index in [1.54, 1.807) is 19.2 Å². The molecule has 2 rings (SSSR count). The fourth-order valence-corrected chi connectivity index (χ4v) is 2.36. The van der Waals surface area contributed by atoms with Gasteiger partial charge in [-0.2, -0.15) is 0 Å². The van der Waals surface area contributed by atoms with Crippen molar-refractivity contribution in [3.8, 4) is 5.75 Å². The Morgan fingerprint density at radius 3 is 2.60 bits per heavy atom. The molecule has 0 amide bonds. The minimum absolute atomic E-state index is 0.410. The average molecular weight is 279 g/mol. The van der Waals surface area contributed by atoms with Crippen LogP contribution in [0.2, 0.25) is 0 Å². The van der Waals surface area contributed by atoms with Gasteiger partial charge in [0.1, 0.15) is 5.75 Å². The monoisotopic (exact) mass is 279 g/mol. The number of nitrogens with zero attached hydrogens (tertiary/aromatic N) is 1. The van der Waals surface area contributed by atoms with E-state index in [-0.39, 0.29) is 0 Å². The molecule has 1 saturated carbocycles. The summed E-state index contributed by atoms with van der Waals surface area (Å²) < 4.78 is 10.3. The molecule has 1 aromatic carbocycles. The number of ether oxygens (including phenoxy) is 2. The molecule has 0 aromatic heterocycles. The van der Waals surface area contributed by atoms with Gasteiger partial charge in [-0.3, -0.25) is 4.90 Å². The summed E-state index contributed by atoms with van der Waals surface area (Å²) in [6, 6.07) is 6.18. The van der Waals surface area contributed by atoms with E-state index in [0.29, 0.717) is 23.9 Å². The Labute approximate surface area is 120 Å². The van der Waals surface area contributed by atoms with Crippen molar-refractivity contribution in [3.63, 3.8) is 0 Å². The molecule has 0 unspecified atom stereocenters. The van der Waals surface area contributed by atoms with Crippen LogP contribution < -0.4 is 10.2 Å². The third kappa shape index (κ3) is 3.96. The second-order valence-corrected chi connectivity index (χ2v) is 5.14. The van der Waals surface area contributed by atoms with Crippen LogP contribution in [0.4, 0.5) is 0 Å². The van der Waals surface area contributed by atoms with Gasteiger partial charge in [0.05, 0.1) is 13.7 Å². The zero-order valence-electron chi connectivity index (χ0n) is 12.1. The molecule has 0 heterocycles. The topological polar surface area (TPSA) is 62.2 Å². The highest BCUT2D eigenvalue weighted by molar-refractivity contribution is 6.59. The van der Waals surface area contributed by atoms with Gasteiger partial charge in [-0.15, -0.1) is 0 Å². The number of rotatable bonds is 8. The lowest BCUT2D eigenvalue weighted by Crippen LogP contribution is -2.33. The summed E-state index contributed by atoms with van der Waals surface area (Å²) in [7, 11) is 1.72. The van der Waals surface area contributed by atoms with Crippen LogP contribution in [0.1, 0.15) is 18.4 Å². The minimum Gasteiger partial charge on any atom is -0.497 e. The molecule has 2 N–H and O–H groups in total. The first-order chi connectivity index (χ1) is 9.65. The molecule has 110 valence electrons. The van der Waals surface area contributed by atoms with E-state index < -0.39 is 7.12 Å². The fraction of sp³-hybridized carbons (Fsp3) is 0.571. The maximum atomic E-state index is 9.40. The van der Waals surface area contributed by atoms with Gasteiger partial charge in [0.25, 0.3) is 0 Å². The van der Waals surface area contributed by atoms with E-state index in [1.165, 1.54) is 20.0 Å². The number of hydrogen-bond donors (Lipinski definition) is 2. The molecule has 5 nitrogen and oxygen atoms in total. The highest BCUT2D eigenvalue weighted by atomic mass is 16.5. The average Bonchev–Trinajstić information content (AvgIpc) is 3.27. The van der Waals surface area contributed by atoms with Crippen LogP contribution >= 0.6 is 0 Å². The Hall–Kier alpha value is -1.08. The molecule has 0 saturated heterocycles. The highest BCUT2D eigenvalue weighted by Crippen LogP contribution is 2.28. The number of methoxy groups -OCH3 is 2. The van der Waals surface area contributed by atoms with Crippen molar-refractivity contribution in [1.29, 1.82) is 0 Å². The zero-order valence-corrected chi connectivity index (χ0v) is 12.1. The van der Waals surface area contributed by atoms with Gasteiger partial charge in [-0.1, -0.05) is 12.1 Å². The zero-order chi connectivity index (χ0) is 14.5. The van der Waals surface area contributed by atoms with Crippen molar-refractivity contribution in [2.24, 2.45) is 0 Å². The predicted molar refractivity (Wildman–Crippen MR) is 78.1 cm³/mol.